The maximum Gasteiger partial charge on any atom is 0.145 e. The number of nitrogens with one attached hydrogen (secondary N) is 1. The van der Waals surface area contributed by atoms with Crippen molar-refractivity contribution in [2.75, 3.05) is 16.9 Å². The average molecular weight is 291 g/mol. The van der Waals surface area contributed by atoms with E-state index in [9.17, 15) is 0 Å². The van der Waals surface area contributed by atoms with E-state index >= 15 is 0 Å². The van der Waals surface area contributed by atoms with Crippen LogP contribution in [0.5, 0.6) is 0 Å². The summed E-state index contributed by atoms with van der Waals surface area (Å²) in [4.78, 5) is 12.6. The Bertz CT molecular complexity index is 539. The first kappa shape index (κ1) is 14.7. The van der Waals surface area contributed by atoms with Gasteiger partial charge in [-0.3, -0.25) is 0 Å². The second-order valence-electron chi connectivity index (χ2n) is 4.86. The number of aromatic nitrogens is 2. The third-order valence-electron chi connectivity index (χ3n) is 3.03. The fraction of sp³-hybridized carbons (Fsp3) is 0.429. The summed E-state index contributed by atoms with van der Waals surface area (Å²) in [7, 11) is 0. The summed E-state index contributed by atoms with van der Waals surface area (Å²) in [5.74, 6) is 8.15. The summed E-state index contributed by atoms with van der Waals surface area (Å²) < 4.78 is 0. The highest BCUT2D eigenvalue weighted by atomic mass is 32.1. The van der Waals surface area contributed by atoms with Gasteiger partial charge in [0.05, 0.1) is 6.54 Å². The van der Waals surface area contributed by atoms with E-state index in [2.05, 4.69) is 58.6 Å². The Morgan fingerprint density at radius 3 is 2.75 bits per heavy atom. The van der Waals surface area contributed by atoms with Crippen LogP contribution in [0.15, 0.2) is 23.6 Å². The number of hydrogen-bond acceptors (Lipinski definition) is 6. The fourth-order valence-electron chi connectivity index (χ4n) is 1.89. The lowest BCUT2D eigenvalue weighted by atomic mass is 10.2. The van der Waals surface area contributed by atoms with Crippen LogP contribution in [0.2, 0.25) is 0 Å². The SMILES string of the molecule is CCN(Cc1cccs1)c1cc(NN)nc(C(C)C)n1. The molecular weight excluding hydrogens is 270 g/mol. The van der Waals surface area contributed by atoms with Gasteiger partial charge in [0.25, 0.3) is 0 Å². The minimum absolute atomic E-state index is 0.266. The van der Waals surface area contributed by atoms with Gasteiger partial charge in [-0.15, -0.1) is 11.3 Å². The summed E-state index contributed by atoms with van der Waals surface area (Å²) in [6.07, 6.45) is 0. The molecule has 0 bridgehead atoms. The van der Waals surface area contributed by atoms with Crippen molar-refractivity contribution in [3.63, 3.8) is 0 Å². The van der Waals surface area contributed by atoms with E-state index in [1.807, 2.05) is 6.07 Å². The van der Waals surface area contributed by atoms with Crippen LogP contribution >= 0.6 is 11.3 Å². The predicted molar refractivity (Wildman–Crippen MR) is 85.0 cm³/mol. The molecule has 5 nitrogen and oxygen atoms in total. The van der Waals surface area contributed by atoms with E-state index in [0.29, 0.717) is 5.82 Å². The number of nitrogen functional groups attached to an aromatic ring is 1. The van der Waals surface area contributed by atoms with Gasteiger partial charge in [-0.05, 0) is 18.4 Å². The first-order chi connectivity index (χ1) is 9.63. The molecule has 20 heavy (non-hydrogen) atoms. The Balaban J connectivity index is 2.30. The van der Waals surface area contributed by atoms with Crippen LogP contribution in [0.4, 0.5) is 11.6 Å². The number of nitrogens with zero attached hydrogens (tertiary/aromatic N) is 3. The molecule has 0 saturated heterocycles. The van der Waals surface area contributed by atoms with Gasteiger partial charge in [0, 0.05) is 23.4 Å². The van der Waals surface area contributed by atoms with E-state index in [1.165, 1.54) is 4.88 Å². The van der Waals surface area contributed by atoms with Gasteiger partial charge in [0.1, 0.15) is 17.5 Å². The molecule has 0 fully saturated rings. The number of rotatable bonds is 6. The summed E-state index contributed by atoms with van der Waals surface area (Å²) >= 11 is 1.76. The monoisotopic (exact) mass is 291 g/mol. The number of anilines is 2. The molecule has 0 aliphatic rings. The van der Waals surface area contributed by atoms with E-state index < -0.39 is 0 Å². The van der Waals surface area contributed by atoms with Crippen molar-refractivity contribution in [2.24, 2.45) is 5.84 Å². The second-order valence-corrected chi connectivity index (χ2v) is 5.89. The van der Waals surface area contributed by atoms with Gasteiger partial charge in [-0.25, -0.2) is 15.8 Å². The van der Waals surface area contributed by atoms with E-state index in [1.54, 1.807) is 11.3 Å². The van der Waals surface area contributed by atoms with Gasteiger partial charge < -0.3 is 10.3 Å². The zero-order valence-corrected chi connectivity index (χ0v) is 12.9. The zero-order chi connectivity index (χ0) is 14.5. The summed E-state index contributed by atoms with van der Waals surface area (Å²) in [5.41, 5.74) is 2.63. The van der Waals surface area contributed by atoms with Crippen molar-refractivity contribution in [3.8, 4) is 0 Å². The molecule has 108 valence electrons. The van der Waals surface area contributed by atoms with Gasteiger partial charge in [-0.2, -0.15) is 0 Å². The van der Waals surface area contributed by atoms with Gasteiger partial charge in [0.15, 0.2) is 0 Å². The topological polar surface area (TPSA) is 67.1 Å². The molecule has 0 saturated carbocycles. The molecule has 0 spiro atoms. The molecule has 0 aliphatic heterocycles. The van der Waals surface area contributed by atoms with Crippen LogP contribution < -0.4 is 16.2 Å². The normalized spacial score (nSPS) is 10.8. The van der Waals surface area contributed by atoms with Crippen molar-refractivity contribution < 1.29 is 0 Å². The lowest BCUT2D eigenvalue weighted by Gasteiger charge is -2.22. The van der Waals surface area contributed by atoms with E-state index in [4.69, 9.17) is 5.84 Å². The molecule has 2 aromatic heterocycles. The Morgan fingerprint density at radius 2 is 2.20 bits per heavy atom. The van der Waals surface area contributed by atoms with Crippen molar-refractivity contribution in [3.05, 3.63) is 34.3 Å². The van der Waals surface area contributed by atoms with Gasteiger partial charge in [0.2, 0.25) is 0 Å². The number of hydrazine groups is 1. The molecule has 2 heterocycles. The highest BCUT2D eigenvalue weighted by Gasteiger charge is 2.13. The number of thiophene rings is 1. The Hall–Kier alpha value is -1.66. The molecule has 0 aliphatic carbocycles. The van der Waals surface area contributed by atoms with Crippen LogP contribution in [-0.2, 0) is 6.54 Å². The molecule has 2 aromatic rings. The van der Waals surface area contributed by atoms with Gasteiger partial charge >= 0.3 is 0 Å². The summed E-state index contributed by atoms with van der Waals surface area (Å²) in [6, 6.07) is 6.10. The van der Waals surface area contributed by atoms with Crippen molar-refractivity contribution in [2.45, 2.75) is 33.2 Å². The third kappa shape index (κ3) is 3.46. The standard InChI is InChI=1S/C14H21N5S/c1-4-19(9-11-6-5-7-20-11)13-8-12(18-15)16-14(17-13)10(2)3/h5-8,10H,4,9,15H2,1-3H3,(H,16,17,18). The lowest BCUT2D eigenvalue weighted by molar-refractivity contribution is 0.751. The minimum Gasteiger partial charge on any atom is -0.352 e. The molecule has 0 atom stereocenters. The van der Waals surface area contributed by atoms with E-state index in [0.717, 1.165) is 24.7 Å². The molecule has 0 amide bonds. The minimum atomic E-state index is 0.266. The van der Waals surface area contributed by atoms with Gasteiger partial charge in [-0.1, -0.05) is 19.9 Å². The average Bonchev–Trinajstić information content (AvgIpc) is 2.97. The maximum atomic E-state index is 5.51. The van der Waals surface area contributed by atoms with Crippen molar-refractivity contribution >= 4 is 23.0 Å². The van der Waals surface area contributed by atoms with Crippen LogP contribution in [0.1, 0.15) is 37.4 Å². The van der Waals surface area contributed by atoms with Crippen LogP contribution in [0.25, 0.3) is 0 Å². The van der Waals surface area contributed by atoms with Crippen molar-refractivity contribution in [1.82, 2.24) is 9.97 Å². The van der Waals surface area contributed by atoms with E-state index in [-0.39, 0.29) is 5.92 Å². The second kappa shape index (κ2) is 6.67. The molecule has 0 unspecified atom stereocenters. The molecule has 0 aromatic carbocycles. The highest BCUT2D eigenvalue weighted by Crippen LogP contribution is 2.22. The Labute approximate surface area is 123 Å². The van der Waals surface area contributed by atoms with Crippen LogP contribution in [0, 0.1) is 0 Å². The third-order valence-corrected chi connectivity index (χ3v) is 3.89. The molecule has 2 rings (SSSR count). The highest BCUT2D eigenvalue weighted by molar-refractivity contribution is 7.09. The van der Waals surface area contributed by atoms with Crippen LogP contribution in [-0.4, -0.2) is 16.5 Å². The largest absolute Gasteiger partial charge is 0.352 e. The maximum absolute atomic E-state index is 5.51. The lowest BCUT2D eigenvalue weighted by Crippen LogP contribution is -2.24. The molecule has 3 N–H and O–H groups in total. The summed E-state index contributed by atoms with van der Waals surface area (Å²) in [5, 5.41) is 2.09. The summed E-state index contributed by atoms with van der Waals surface area (Å²) in [6.45, 7) is 8.02. The fourth-order valence-corrected chi connectivity index (χ4v) is 2.61. The first-order valence-corrected chi connectivity index (χ1v) is 7.65. The smallest absolute Gasteiger partial charge is 0.145 e. The first-order valence-electron chi connectivity index (χ1n) is 6.77. The Kier molecular flexibility index (Phi) is 4.92. The number of hydrogen-bond donors (Lipinski definition) is 2. The predicted octanol–water partition coefficient (Wildman–Crippen LogP) is 2.97. The van der Waals surface area contributed by atoms with Crippen molar-refractivity contribution in [1.29, 1.82) is 0 Å². The zero-order valence-electron chi connectivity index (χ0n) is 12.1. The molecule has 6 heteroatoms. The van der Waals surface area contributed by atoms with Crippen LogP contribution in [0.3, 0.4) is 0 Å². The number of nitrogens with two attached hydrogens (primary N) is 1. The molecule has 0 radical (unpaired) electrons. The Morgan fingerprint density at radius 1 is 1.40 bits per heavy atom. The quantitative estimate of drug-likeness (QED) is 0.632. The molecular formula is C14H21N5S.